The first kappa shape index (κ1) is 14.1. The van der Waals surface area contributed by atoms with Gasteiger partial charge in [-0.05, 0) is 34.4 Å². The third-order valence-corrected chi connectivity index (χ3v) is 4.17. The summed E-state index contributed by atoms with van der Waals surface area (Å²) in [4.78, 5) is 3.70. The van der Waals surface area contributed by atoms with E-state index in [2.05, 4.69) is 44.6 Å². The largest absolute Gasteiger partial charge is 0.383 e. The van der Waals surface area contributed by atoms with E-state index in [9.17, 15) is 0 Å². The van der Waals surface area contributed by atoms with Crippen LogP contribution < -0.4 is 5.32 Å². The molecule has 0 saturated heterocycles. The molecule has 0 aliphatic heterocycles. The molecule has 1 N–H and O–H groups in total. The zero-order valence-corrected chi connectivity index (χ0v) is 12.2. The molecule has 0 aliphatic rings. The summed E-state index contributed by atoms with van der Waals surface area (Å²) in [5.74, 6) is 0. The Balaban J connectivity index is 2.11. The molecule has 0 fully saturated rings. The fraction of sp³-hybridized carbons (Fsp3) is 0.636. The average molecular weight is 307 g/mol. The van der Waals surface area contributed by atoms with Gasteiger partial charge in [0, 0.05) is 42.6 Å². The summed E-state index contributed by atoms with van der Waals surface area (Å²) in [6.45, 7) is 4.76. The van der Waals surface area contributed by atoms with Gasteiger partial charge in [0.1, 0.15) is 0 Å². The highest BCUT2D eigenvalue weighted by Gasteiger charge is 2.04. The minimum Gasteiger partial charge on any atom is -0.383 e. The second kappa shape index (κ2) is 8.20. The van der Waals surface area contributed by atoms with E-state index in [1.165, 1.54) is 9.35 Å². The third-order valence-electron chi connectivity index (χ3n) is 2.26. The Hall–Kier alpha value is 0.0600. The molecule has 1 rings (SSSR count). The molecule has 0 saturated carbocycles. The number of hydrogen-bond acceptors (Lipinski definition) is 4. The van der Waals surface area contributed by atoms with Crippen molar-refractivity contribution in [2.45, 2.75) is 6.54 Å². The van der Waals surface area contributed by atoms with Crippen LogP contribution in [0.2, 0.25) is 0 Å². The van der Waals surface area contributed by atoms with Crippen LogP contribution in [0.3, 0.4) is 0 Å². The van der Waals surface area contributed by atoms with Crippen LogP contribution >= 0.6 is 27.3 Å². The van der Waals surface area contributed by atoms with Crippen molar-refractivity contribution in [3.05, 3.63) is 20.8 Å². The summed E-state index contributed by atoms with van der Waals surface area (Å²) in [6.07, 6.45) is 0. The highest BCUT2D eigenvalue weighted by Crippen LogP contribution is 2.23. The van der Waals surface area contributed by atoms with E-state index >= 15 is 0 Å². The average Bonchev–Trinajstić information content (AvgIpc) is 2.64. The van der Waals surface area contributed by atoms with E-state index in [0.717, 1.165) is 32.8 Å². The van der Waals surface area contributed by atoms with E-state index < -0.39 is 0 Å². The molecule has 1 aromatic rings. The minimum atomic E-state index is 0.778. The Bertz CT molecular complexity index is 293. The van der Waals surface area contributed by atoms with E-state index in [-0.39, 0.29) is 0 Å². The monoisotopic (exact) mass is 306 g/mol. The van der Waals surface area contributed by atoms with Gasteiger partial charge in [-0.3, -0.25) is 4.90 Å². The van der Waals surface area contributed by atoms with Crippen LogP contribution in [0.4, 0.5) is 0 Å². The van der Waals surface area contributed by atoms with Crippen LogP contribution in [0.15, 0.2) is 15.9 Å². The Kier molecular flexibility index (Phi) is 7.23. The van der Waals surface area contributed by atoms with Gasteiger partial charge in [0.25, 0.3) is 0 Å². The summed E-state index contributed by atoms with van der Waals surface area (Å²) in [7, 11) is 3.87. The molecule has 0 radical (unpaired) electrons. The number of likely N-dealkylation sites (N-methyl/N-ethyl adjacent to an activating group) is 1. The SMILES string of the molecule is COCCNCCN(C)Cc1sccc1Br. The van der Waals surface area contributed by atoms with Gasteiger partial charge in [0.05, 0.1) is 6.61 Å². The van der Waals surface area contributed by atoms with Crippen LogP contribution in [-0.2, 0) is 11.3 Å². The molecule has 1 heterocycles. The lowest BCUT2D eigenvalue weighted by Gasteiger charge is -2.16. The maximum atomic E-state index is 4.97. The number of halogens is 1. The fourth-order valence-electron chi connectivity index (χ4n) is 1.33. The zero-order chi connectivity index (χ0) is 11.8. The molecule has 0 aliphatic carbocycles. The number of ether oxygens (including phenoxy) is 1. The van der Waals surface area contributed by atoms with Crippen LogP contribution in [-0.4, -0.2) is 45.3 Å². The Labute approximate surface area is 110 Å². The van der Waals surface area contributed by atoms with Crippen molar-refractivity contribution in [2.24, 2.45) is 0 Å². The molecule has 0 amide bonds. The summed E-state index contributed by atoms with van der Waals surface area (Å²) < 4.78 is 6.19. The van der Waals surface area contributed by atoms with Gasteiger partial charge in [-0.25, -0.2) is 0 Å². The zero-order valence-electron chi connectivity index (χ0n) is 9.83. The van der Waals surface area contributed by atoms with Crippen molar-refractivity contribution in [2.75, 3.05) is 40.4 Å². The Morgan fingerprint density at radius 2 is 2.31 bits per heavy atom. The predicted molar refractivity (Wildman–Crippen MR) is 73.1 cm³/mol. The molecule has 1 aromatic heterocycles. The van der Waals surface area contributed by atoms with Gasteiger partial charge in [-0.2, -0.15) is 0 Å². The molecule has 3 nitrogen and oxygen atoms in total. The molecule has 0 bridgehead atoms. The molecule has 5 heteroatoms. The first-order valence-corrected chi connectivity index (χ1v) is 7.01. The highest BCUT2D eigenvalue weighted by molar-refractivity contribution is 9.10. The normalized spacial score (nSPS) is 11.2. The second-order valence-electron chi connectivity index (χ2n) is 3.67. The summed E-state index contributed by atoms with van der Waals surface area (Å²) >= 11 is 5.35. The van der Waals surface area contributed by atoms with Crippen LogP contribution in [0.1, 0.15) is 4.88 Å². The minimum absolute atomic E-state index is 0.778. The highest BCUT2D eigenvalue weighted by atomic mass is 79.9. The van der Waals surface area contributed by atoms with E-state index in [4.69, 9.17) is 4.74 Å². The lowest BCUT2D eigenvalue weighted by Crippen LogP contribution is -2.30. The van der Waals surface area contributed by atoms with E-state index in [1.54, 1.807) is 18.4 Å². The van der Waals surface area contributed by atoms with Gasteiger partial charge in [-0.1, -0.05) is 0 Å². The number of thiophene rings is 1. The summed E-state index contributed by atoms with van der Waals surface area (Å²) in [6, 6.07) is 2.10. The Morgan fingerprint density at radius 1 is 1.50 bits per heavy atom. The molecule has 0 aromatic carbocycles. The van der Waals surface area contributed by atoms with Gasteiger partial charge in [0.2, 0.25) is 0 Å². The Morgan fingerprint density at radius 3 is 2.94 bits per heavy atom. The molecule has 0 unspecified atom stereocenters. The quantitative estimate of drug-likeness (QED) is 0.745. The van der Waals surface area contributed by atoms with Gasteiger partial charge in [-0.15, -0.1) is 11.3 Å². The predicted octanol–water partition coefficient (Wildman–Crippen LogP) is 2.18. The maximum Gasteiger partial charge on any atom is 0.0587 e. The first-order chi connectivity index (χ1) is 7.74. The summed E-state index contributed by atoms with van der Waals surface area (Å²) in [5, 5.41) is 5.45. The van der Waals surface area contributed by atoms with Crippen molar-refractivity contribution in [1.29, 1.82) is 0 Å². The summed E-state index contributed by atoms with van der Waals surface area (Å²) in [5.41, 5.74) is 0. The molecule has 92 valence electrons. The van der Waals surface area contributed by atoms with Crippen LogP contribution in [0, 0.1) is 0 Å². The van der Waals surface area contributed by atoms with Crippen molar-refractivity contribution in [3.8, 4) is 0 Å². The third kappa shape index (κ3) is 5.41. The van der Waals surface area contributed by atoms with Gasteiger partial charge in [0.15, 0.2) is 0 Å². The van der Waals surface area contributed by atoms with Crippen LogP contribution in [0.25, 0.3) is 0 Å². The van der Waals surface area contributed by atoms with Crippen molar-refractivity contribution >= 4 is 27.3 Å². The molecule has 0 spiro atoms. The molecular formula is C11H19BrN2OS. The van der Waals surface area contributed by atoms with Crippen molar-refractivity contribution in [1.82, 2.24) is 10.2 Å². The molecule has 0 atom stereocenters. The van der Waals surface area contributed by atoms with Crippen molar-refractivity contribution in [3.63, 3.8) is 0 Å². The van der Waals surface area contributed by atoms with Crippen molar-refractivity contribution < 1.29 is 4.74 Å². The lowest BCUT2D eigenvalue weighted by atomic mass is 10.4. The topological polar surface area (TPSA) is 24.5 Å². The molecule has 16 heavy (non-hydrogen) atoms. The fourth-order valence-corrected chi connectivity index (χ4v) is 2.89. The first-order valence-electron chi connectivity index (χ1n) is 5.34. The molecular weight excluding hydrogens is 288 g/mol. The van der Waals surface area contributed by atoms with Gasteiger partial charge >= 0.3 is 0 Å². The smallest absolute Gasteiger partial charge is 0.0587 e. The number of hydrogen-bond donors (Lipinski definition) is 1. The van der Waals surface area contributed by atoms with Gasteiger partial charge < -0.3 is 10.1 Å². The number of nitrogens with zero attached hydrogens (tertiary/aromatic N) is 1. The number of rotatable bonds is 8. The van der Waals surface area contributed by atoms with E-state index in [0.29, 0.717) is 0 Å². The van der Waals surface area contributed by atoms with E-state index in [1.807, 2.05) is 0 Å². The number of methoxy groups -OCH3 is 1. The second-order valence-corrected chi connectivity index (χ2v) is 5.53. The van der Waals surface area contributed by atoms with Crippen LogP contribution in [0.5, 0.6) is 0 Å². The number of nitrogens with one attached hydrogen (secondary N) is 1. The lowest BCUT2D eigenvalue weighted by molar-refractivity contribution is 0.197. The maximum absolute atomic E-state index is 4.97. The standard InChI is InChI=1S/C11H19BrN2OS/c1-14(6-4-13-5-7-15-2)9-11-10(12)3-8-16-11/h3,8,13H,4-7,9H2,1-2H3.